The van der Waals surface area contributed by atoms with Gasteiger partial charge in [0.25, 0.3) is 0 Å². The maximum absolute atomic E-state index is 13.3. The first-order valence-electron chi connectivity index (χ1n) is 10.8. The molecule has 0 aromatic rings. The third-order valence-corrected chi connectivity index (χ3v) is 5.80. The van der Waals surface area contributed by atoms with E-state index >= 15 is 0 Å². The summed E-state index contributed by atoms with van der Waals surface area (Å²) in [5, 5.41) is 11.3. The molecule has 1 aliphatic heterocycles. The fourth-order valence-electron chi connectivity index (χ4n) is 4.13. The van der Waals surface area contributed by atoms with Crippen LogP contribution >= 0.6 is 0 Å². The molecule has 0 aromatic carbocycles. The Morgan fingerprint density at radius 3 is 2.34 bits per heavy atom. The van der Waals surface area contributed by atoms with Crippen LogP contribution in [0.1, 0.15) is 60.8 Å². The molecule has 0 amide bonds. The number of rotatable bonds is 6. The summed E-state index contributed by atoms with van der Waals surface area (Å²) in [6.07, 6.45) is -0.635. The Hall–Kier alpha value is -1.24. The number of esters is 1. The predicted octanol–water partition coefficient (Wildman–Crippen LogP) is 3.31. The van der Waals surface area contributed by atoms with E-state index < -0.39 is 35.8 Å². The molecule has 1 heterocycles. The molecule has 2 aliphatic rings. The number of aliphatic hydroxyl groups is 1. The number of carbonyl (C=O) groups excluding carboxylic acids is 2. The molecular formula is C23H38O6. The lowest BCUT2D eigenvalue weighted by Crippen LogP contribution is -2.55. The fraction of sp³-hybridized carbons (Fsp3) is 0.826. The molecule has 0 aromatic heterocycles. The van der Waals surface area contributed by atoms with E-state index in [4.69, 9.17) is 14.2 Å². The molecule has 1 N–H and O–H groups in total. The van der Waals surface area contributed by atoms with Gasteiger partial charge in [-0.05, 0) is 38.0 Å². The maximum atomic E-state index is 13.3. The molecule has 166 valence electrons. The topological polar surface area (TPSA) is 82.1 Å². The average Bonchev–Trinajstić information content (AvgIpc) is 2.88. The van der Waals surface area contributed by atoms with Crippen molar-refractivity contribution in [3.63, 3.8) is 0 Å². The minimum absolute atomic E-state index is 0.0377. The lowest BCUT2D eigenvalue weighted by Gasteiger charge is -2.40. The summed E-state index contributed by atoms with van der Waals surface area (Å²) in [7, 11) is 0. The van der Waals surface area contributed by atoms with E-state index in [0.717, 1.165) is 0 Å². The van der Waals surface area contributed by atoms with E-state index in [9.17, 15) is 14.7 Å². The largest absolute Gasteiger partial charge is 0.455 e. The van der Waals surface area contributed by atoms with E-state index in [-0.39, 0.29) is 29.1 Å². The summed E-state index contributed by atoms with van der Waals surface area (Å²) < 4.78 is 17.8. The van der Waals surface area contributed by atoms with Gasteiger partial charge in [-0.2, -0.15) is 0 Å². The monoisotopic (exact) mass is 410 g/mol. The number of carbonyl (C=O) groups is 2. The molecule has 1 saturated heterocycles. The molecule has 6 heteroatoms. The number of hydrogen-bond donors (Lipinski definition) is 1. The van der Waals surface area contributed by atoms with Crippen LogP contribution < -0.4 is 0 Å². The summed E-state index contributed by atoms with van der Waals surface area (Å²) in [5.74, 6) is -1.02. The van der Waals surface area contributed by atoms with E-state index in [2.05, 4.69) is 6.58 Å². The molecule has 0 bridgehead atoms. The van der Waals surface area contributed by atoms with Gasteiger partial charge in [0.15, 0.2) is 5.78 Å². The van der Waals surface area contributed by atoms with Crippen molar-refractivity contribution in [2.75, 3.05) is 13.2 Å². The van der Waals surface area contributed by atoms with Gasteiger partial charge >= 0.3 is 5.97 Å². The van der Waals surface area contributed by atoms with Gasteiger partial charge in [-0.25, -0.2) is 4.79 Å². The Morgan fingerprint density at radius 2 is 1.76 bits per heavy atom. The number of hydrogen-bond acceptors (Lipinski definition) is 6. The first kappa shape index (κ1) is 24.0. The quantitative estimate of drug-likeness (QED) is 0.534. The van der Waals surface area contributed by atoms with Crippen LogP contribution in [0, 0.1) is 23.7 Å². The second-order valence-corrected chi connectivity index (χ2v) is 9.77. The van der Waals surface area contributed by atoms with Gasteiger partial charge in [0, 0.05) is 24.7 Å². The van der Waals surface area contributed by atoms with Crippen molar-refractivity contribution < 1.29 is 28.9 Å². The van der Waals surface area contributed by atoms with Crippen molar-refractivity contribution >= 4 is 11.8 Å². The molecule has 2 rings (SSSR count). The lowest BCUT2D eigenvalue weighted by atomic mass is 9.76. The van der Waals surface area contributed by atoms with Crippen LogP contribution in [0.5, 0.6) is 0 Å². The summed E-state index contributed by atoms with van der Waals surface area (Å²) in [6, 6.07) is 0. The Labute approximate surface area is 175 Å². The smallest absolute Gasteiger partial charge is 0.334 e. The van der Waals surface area contributed by atoms with Gasteiger partial charge in [-0.1, -0.05) is 41.2 Å². The zero-order valence-corrected chi connectivity index (χ0v) is 18.8. The Kier molecular flexibility index (Phi) is 8.05. The Balaban J connectivity index is 2.48. The molecule has 6 nitrogen and oxygen atoms in total. The summed E-state index contributed by atoms with van der Waals surface area (Å²) in [6.45, 7) is 16.4. The molecule has 2 fully saturated rings. The normalized spacial score (nSPS) is 36.4. The van der Waals surface area contributed by atoms with Crippen LogP contribution in [0.3, 0.4) is 0 Å². The third-order valence-electron chi connectivity index (χ3n) is 5.80. The van der Waals surface area contributed by atoms with Gasteiger partial charge in [-0.15, -0.1) is 0 Å². The van der Waals surface area contributed by atoms with Crippen molar-refractivity contribution in [1.82, 2.24) is 0 Å². The second-order valence-electron chi connectivity index (χ2n) is 9.77. The van der Waals surface area contributed by atoms with Crippen molar-refractivity contribution in [1.29, 1.82) is 0 Å². The highest BCUT2D eigenvalue weighted by molar-refractivity contribution is 5.94. The third kappa shape index (κ3) is 5.68. The van der Waals surface area contributed by atoms with Crippen molar-refractivity contribution in [2.24, 2.45) is 23.7 Å². The van der Waals surface area contributed by atoms with Gasteiger partial charge in [0.05, 0.1) is 11.5 Å². The summed E-state index contributed by atoms with van der Waals surface area (Å²) >= 11 is 0. The molecule has 0 spiro atoms. The molecular weight excluding hydrogens is 372 g/mol. The predicted molar refractivity (Wildman–Crippen MR) is 110 cm³/mol. The first-order valence-corrected chi connectivity index (χ1v) is 10.8. The molecule has 1 aliphatic carbocycles. The summed E-state index contributed by atoms with van der Waals surface area (Å²) in [4.78, 5) is 25.7. The molecule has 0 unspecified atom stereocenters. The van der Waals surface area contributed by atoms with Gasteiger partial charge in [-0.3, -0.25) is 4.79 Å². The highest BCUT2D eigenvalue weighted by atomic mass is 16.6. The number of ether oxygens (including phenoxy) is 3. The number of Topliss-reactive ketones (excluding diaryl/α,β-unsaturated/α-hetero) is 1. The molecule has 29 heavy (non-hydrogen) atoms. The highest BCUT2D eigenvalue weighted by Gasteiger charge is 2.55. The number of fused-ring (bicyclic) bond motifs is 1. The Bertz CT molecular complexity index is 608. The van der Waals surface area contributed by atoms with E-state index in [1.54, 1.807) is 6.92 Å². The fourth-order valence-corrected chi connectivity index (χ4v) is 4.13. The zero-order valence-electron chi connectivity index (χ0n) is 18.8. The van der Waals surface area contributed by atoms with Gasteiger partial charge < -0.3 is 19.3 Å². The highest BCUT2D eigenvalue weighted by Crippen LogP contribution is 2.41. The minimum Gasteiger partial charge on any atom is -0.455 e. The molecule has 6 atom stereocenters. The zero-order chi connectivity index (χ0) is 21.9. The molecule has 0 radical (unpaired) electrons. The van der Waals surface area contributed by atoms with Crippen LogP contribution in [-0.4, -0.2) is 54.0 Å². The van der Waals surface area contributed by atoms with Crippen LogP contribution in [0.15, 0.2) is 12.2 Å². The molecule has 1 saturated carbocycles. The average molecular weight is 411 g/mol. The maximum Gasteiger partial charge on any atom is 0.334 e. The SMILES string of the molecule is C=C1C(=O)O[C@@H]2[C@@H]1[C@H](OCC(C)C)C(=O)[C@@H](C)CCC[C@](C)(O)[C@H]2OCC(C)C. The van der Waals surface area contributed by atoms with Gasteiger partial charge in [0.2, 0.25) is 0 Å². The van der Waals surface area contributed by atoms with E-state index in [1.807, 2.05) is 34.6 Å². The van der Waals surface area contributed by atoms with Gasteiger partial charge in [0.1, 0.15) is 18.3 Å². The van der Waals surface area contributed by atoms with Crippen LogP contribution in [-0.2, 0) is 23.8 Å². The van der Waals surface area contributed by atoms with Crippen LogP contribution in [0.4, 0.5) is 0 Å². The van der Waals surface area contributed by atoms with E-state index in [0.29, 0.717) is 32.5 Å². The van der Waals surface area contributed by atoms with Crippen molar-refractivity contribution in [3.05, 3.63) is 12.2 Å². The summed E-state index contributed by atoms with van der Waals surface area (Å²) in [5.41, 5.74) is -0.982. The van der Waals surface area contributed by atoms with Crippen LogP contribution in [0.25, 0.3) is 0 Å². The van der Waals surface area contributed by atoms with Crippen LogP contribution in [0.2, 0.25) is 0 Å². The lowest BCUT2D eigenvalue weighted by molar-refractivity contribution is -0.184. The second kappa shape index (κ2) is 9.71. The first-order chi connectivity index (χ1) is 13.5. The number of ketones is 1. The standard InChI is InChI=1S/C23H38O6/c1-13(2)11-27-19-17-16(6)22(25)29-20(17)21(28-12-14(3)4)23(7,26)10-8-9-15(5)18(19)24/h13-15,17,19-21,26H,6,8-12H2,1-5,7H3/t15-,17-,19-,20+,21-,23-/m0/s1. The minimum atomic E-state index is -1.20. The van der Waals surface area contributed by atoms with Crippen molar-refractivity contribution in [2.45, 2.75) is 84.7 Å². The Morgan fingerprint density at radius 1 is 1.17 bits per heavy atom. The van der Waals surface area contributed by atoms with E-state index in [1.165, 1.54) is 0 Å². The van der Waals surface area contributed by atoms with Crippen molar-refractivity contribution in [3.8, 4) is 0 Å².